The largest absolute Gasteiger partial charge is 0.309 e. The monoisotopic (exact) mass is 814 g/mol. The number of rotatable bonds is 7. The molecule has 5 heteroatoms. The van der Waals surface area contributed by atoms with Crippen LogP contribution in [0.3, 0.4) is 0 Å². The van der Waals surface area contributed by atoms with E-state index in [0.717, 1.165) is 55.2 Å². The SMILES string of the molecule is [2H]c1cc([2H])c2sc3c(-c4ccc(-c5nc(-c6ccc(-c7ccccc7)cc6)nc(-c6cccc(-c7ccccc7)c6)n5)cc4-n4c5ccccc5c5ccccc54)c([2H])c([2H])c([2H])c3c2c1[2H]. The molecule has 12 rings (SSSR count). The lowest BCUT2D eigenvalue weighted by Crippen LogP contribution is -2.02. The fraction of sp³-hybridized carbons (Fsp3) is 0. The van der Waals surface area contributed by atoms with Crippen molar-refractivity contribution in [2.24, 2.45) is 0 Å². The van der Waals surface area contributed by atoms with Gasteiger partial charge in [-0.05, 0) is 52.6 Å². The molecule has 0 aliphatic carbocycles. The van der Waals surface area contributed by atoms with Crippen LogP contribution >= 0.6 is 11.3 Å². The summed E-state index contributed by atoms with van der Waals surface area (Å²) >= 11 is 1.23. The lowest BCUT2D eigenvalue weighted by atomic mass is 9.98. The normalized spacial score (nSPS) is 12.9. The molecule has 0 saturated heterocycles. The van der Waals surface area contributed by atoms with Gasteiger partial charge in [-0.2, -0.15) is 0 Å². The number of para-hydroxylation sites is 2. The lowest BCUT2D eigenvalue weighted by Gasteiger charge is -2.17. The molecular formula is C57H36N4S. The van der Waals surface area contributed by atoms with Crippen molar-refractivity contribution in [3.05, 3.63) is 218 Å². The van der Waals surface area contributed by atoms with Gasteiger partial charge in [0.1, 0.15) is 0 Å². The third-order valence-electron chi connectivity index (χ3n) is 11.4. The minimum absolute atomic E-state index is 0.0639. The van der Waals surface area contributed by atoms with Crippen molar-refractivity contribution < 1.29 is 8.22 Å². The summed E-state index contributed by atoms with van der Waals surface area (Å²) in [6.45, 7) is 0. The van der Waals surface area contributed by atoms with Crippen LogP contribution in [0.1, 0.15) is 8.22 Å². The van der Waals surface area contributed by atoms with Crippen molar-refractivity contribution in [1.82, 2.24) is 19.5 Å². The highest BCUT2D eigenvalue weighted by atomic mass is 32.1. The van der Waals surface area contributed by atoms with Gasteiger partial charge >= 0.3 is 0 Å². The van der Waals surface area contributed by atoms with Gasteiger partial charge in [-0.25, -0.2) is 15.0 Å². The van der Waals surface area contributed by atoms with E-state index in [9.17, 15) is 2.74 Å². The maximum absolute atomic E-state index is 9.57. The molecule has 9 aromatic carbocycles. The Morgan fingerprint density at radius 1 is 0.371 bits per heavy atom. The van der Waals surface area contributed by atoms with Crippen LogP contribution < -0.4 is 0 Å². The third kappa shape index (κ3) is 6.18. The van der Waals surface area contributed by atoms with Crippen molar-refractivity contribution in [2.75, 3.05) is 0 Å². The predicted octanol–water partition coefficient (Wildman–Crippen LogP) is 15.3. The summed E-state index contributed by atoms with van der Waals surface area (Å²) in [5.74, 6) is 1.42. The number of thiophene rings is 1. The lowest BCUT2D eigenvalue weighted by molar-refractivity contribution is 1.07. The van der Waals surface area contributed by atoms with Crippen LogP contribution in [-0.2, 0) is 0 Å². The zero-order chi connectivity index (χ0) is 46.2. The minimum atomic E-state index is -0.298. The summed E-state index contributed by atoms with van der Waals surface area (Å²) in [4.78, 5) is 15.5. The molecule has 0 bridgehead atoms. The van der Waals surface area contributed by atoms with E-state index in [1.807, 2.05) is 103 Å². The topological polar surface area (TPSA) is 43.6 Å². The highest BCUT2D eigenvalue weighted by molar-refractivity contribution is 7.26. The van der Waals surface area contributed by atoms with E-state index < -0.39 is 0 Å². The number of nitrogens with zero attached hydrogens (tertiary/aromatic N) is 4. The molecule has 0 atom stereocenters. The van der Waals surface area contributed by atoms with E-state index in [4.69, 9.17) is 20.4 Å². The van der Waals surface area contributed by atoms with Gasteiger partial charge in [-0.3, -0.25) is 0 Å². The number of hydrogen-bond acceptors (Lipinski definition) is 4. The summed E-state index contributed by atoms with van der Waals surface area (Å²) in [5.41, 5.74) is 10.1. The van der Waals surface area contributed by atoms with E-state index in [-0.39, 0.29) is 41.6 Å². The second-order valence-electron chi connectivity index (χ2n) is 15.1. The third-order valence-corrected chi connectivity index (χ3v) is 12.6. The minimum Gasteiger partial charge on any atom is -0.309 e. The maximum atomic E-state index is 9.57. The van der Waals surface area contributed by atoms with Crippen LogP contribution in [0.5, 0.6) is 0 Å². The average molecular weight is 815 g/mol. The van der Waals surface area contributed by atoms with E-state index in [1.54, 1.807) is 0 Å². The van der Waals surface area contributed by atoms with Gasteiger partial charge in [0.25, 0.3) is 0 Å². The molecule has 4 nitrogen and oxygen atoms in total. The van der Waals surface area contributed by atoms with Crippen LogP contribution in [0, 0.1) is 0 Å². The fourth-order valence-corrected chi connectivity index (χ4v) is 9.58. The predicted molar refractivity (Wildman–Crippen MR) is 260 cm³/mol. The van der Waals surface area contributed by atoms with Gasteiger partial charge in [0.05, 0.1) is 24.9 Å². The molecule has 0 aliphatic rings. The van der Waals surface area contributed by atoms with Crippen molar-refractivity contribution in [1.29, 1.82) is 0 Å². The summed E-state index contributed by atoms with van der Waals surface area (Å²) in [6.07, 6.45) is 0. The summed E-state index contributed by atoms with van der Waals surface area (Å²) in [7, 11) is 0. The number of hydrogen-bond donors (Lipinski definition) is 0. The smallest absolute Gasteiger partial charge is 0.164 e. The van der Waals surface area contributed by atoms with Crippen LogP contribution in [0.2, 0.25) is 0 Å². The molecule has 0 spiro atoms. The van der Waals surface area contributed by atoms with Crippen LogP contribution in [0.15, 0.2) is 218 Å². The van der Waals surface area contributed by atoms with E-state index >= 15 is 0 Å². The zero-order valence-corrected chi connectivity index (χ0v) is 33.8. The molecule has 0 saturated carbocycles. The van der Waals surface area contributed by atoms with Gasteiger partial charge < -0.3 is 4.57 Å². The molecule has 0 amide bonds. The Hall–Kier alpha value is -7.99. The Bertz CT molecular complexity index is 3930. The van der Waals surface area contributed by atoms with Gasteiger partial charge in [0.2, 0.25) is 0 Å². The first-order valence-electron chi connectivity index (χ1n) is 23.4. The number of fused-ring (bicyclic) bond motifs is 6. The molecule has 3 aromatic heterocycles. The van der Waals surface area contributed by atoms with E-state index in [1.165, 1.54) is 17.4 Å². The van der Waals surface area contributed by atoms with Gasteiger partial charge in [-0.1, -0.05) is 188 Å². The van der Waals surface area contributed by atoms with Crippen molar-refractivity contribution in [3.8, 4) is 73.2 Å². The first-order valence-corrected chi connectivity index (χ1v) is 21.2. The molecule has 0 aliphatic heterocycles. The summed E-state index contributed by atoms with van der Waals surface area (Å²) in [6, 6.07) is 59.6. The van der Waals surface area contributed by atoms with Gasteiger partial charge in [0.15, 0.2) is 17.5 Å². The fourth-order valence-electron chi connectivity index (χ4n) is 8.48. The highest BCUT2D eigenvalue weighted by Gasteiger charge is 2.21. The quantitative estimate of drug-likeness (QED) is 0.161. The summed E-state index contributed by atoms with van der Waals surface area (Å²) in [5, 5.41) is 2.65. The Balaban J connectivity index is 1.14. The highest BCUT2D eigenvalue weighted by Crippen LogP contribution is 2.44. The van der Waals surface area contributed by atoms with Crippen LogP contribution in [0.4, 0.5) is 0 Å². The van der Waals surface area contributed by atoms with Crippen molar-refractivity contribution >= 4 is 53.3 Å². The Labute approximate surface area is 371 Å². The van der Waals surface area contributed by atoms with Crippen LogP contribution in [-0.4, -0.2) is 19.5 Å². The standard InChI is InChI=1S/C57H36N4S/c1-3-15-37(16-4-1)39-29-31-40(32-30-39)55-58-56(42-20-13-19-41(35-42)38-17-5-2-6-18-38)60-57(59-55)43-33-34-46(48-24-14-25-49-47-23-9-12-28-53(47)62-54(48)49)52(36-43)61-50-26-10-7-21-44(50)45-22-8-11-27-51(45)61/h1-36H/i9D,14D,23D,24D,25D,28D. The van der Waals surface area contributed by atoms with Gasteiger partial charge in [-0.15, -0.1) is 11.3 Å². The van der Waals surface area contributed by atoms with Gasteiger partial charge in [0, 0.05) is 58.8 Å². The first-order chi connectivity index (χ1) is 33.2. The molecule has 290 valence electrons. The van der Waals surface area contributed by atoms with Crippen molar-refractivity contribution in [3.63, 3.8) is 0 Å². The molecular weight excluding hydrogens is 773 g/mol. The number of benzene rings is 9. The molecule has 0 fully saturated rings. The Kier molecular flexibility index (Phi) is 7.25. The molecule has 0 N–H and O–H groups in total. The van der Waals surface area contributed by atoms with Crippen LogP contribution in [0.25, 0.3) is 115 Å². The molecule has 0 radical (unpaired) electrons. The Morgan fingerprint density at radius 2 is 0.903 bits per heavy atom. The molecule has 12 aromatic rings. The molecule has 62 heavy (non-hydrogen) atoms. The second kappa shape index (κ2) is 14.9. The first kappa shape index (κ1) is 30.1. The zero-order valence-electron chi connectivity index (χ0n) is 39.0. The maximum Gasteiger partial charge on any atom is 0.164 e. The average Bonchev–Trinajstić information content (AvgIpc) is 3.95. The van der Waals surface area contributed by atoms with Crippen molar-refractivity contribution in [2.45, 2.75) is 0 Å². The second-order valence-corrected chi connectivity index (χ2v) is 16.1. The number of aromatic nitrogens is 4. The molecule has 3 heterocycles. The molecule has 0 unspecified atom stereocenters. The summed E-state index contributed by atoms with van der Waals surface area (Å²) < 4.78 is 57.3. The Morgan fingerprint density at radius 3 is 1.61 bits per heavy atom. The van der Waals surface area contributed by atoms with E-state index in [2.05, 4.69) is 77.4 Å². The van der Waals surface area contributed by atoms with E-state index in [0.29, 0.717) is 54.6 Å².